The summed E-state index contributed by atoms with van der Waals surface area (Å²) in [5, 5.41) is 3.16. The highest BCUT2D eigenvalue weighted by atomic mass is 32.1. The third-order valence-electron chi connectivity index (χ3n) is 2.89. The predicted octanol–water partition coefficient (Wildman–Crippen LogP) is 3.72. The summed E-state index contributed by atoms with van der Waals surface area (Å²) in [7, 11) is 0. The lowest BCUT2D eigenvalue weighted by molar-refractivity contribution is 0.0994. The minimum atomic E-state index is 0.161. The maximum Gasteiger partial charge on any atom is 0.168 e. The molecule has 88 valence electrons. The fraction of sp³-hybridized carbons (Fsp3) is 0.0667. The van der Waals surface area contributed by atoms with Gasteiger partial charge in [0.15, 0.2) is 5.78 Å². The van der Waals surface area contributed by atoms with Crippen LogP contribution in [0.25, 0.3) is 10.1 Å². The van der Waals surface area contributed by atoms with Crippen LogP contribution >= 0.6 is 11.3 Å². The van der Waals surface area contributed by atoms with Gasteiger partial charge in [-0.25, -0.2) is 0 Å². The van der Waals surface area contributed by atoms with E-state index in [1.807, 2.05) is 41.8 Å². The van der Waals surface area contributed by atoms with Crippen LogP contribution in [-0.4, -0.2) is 10.8 Å². The fourth-order valence-electron chi connectivity index (χ4n) is 1.99. The van der Waals surface area contributed by atoms with Crippen LogP contribution in [0.3, 0.4) is 0 Å². The summed E-state index contributed by atoms with van der Waals surface area (Å²) in [6, 6.07) is 11.7. The van der Waals surface area contributed by atoms with Gasteiger partial charge in [0, 0.05) is 29.1 Å². The van der Waals surface area contributed by atoms with Crippen molar-refractivity contribution in [2.75, 3.05) is 0 Å². The number of benzene rings is 1. The van der Waals surface area contributed by atoms with Gasteiger partial charge in [0.05, 0.1) is 0 Å². The van der Waals surface area contributed by atoms with Gasteiger partial charge >= 0.3 is 0 Å². The number of fused-ring (bicyclic) bond motifs is 1. The van der Waals surface area contributed by atoms with Gasteiger partial charge in [-0.3, -0.25) is 9.78 Å². The fourth-order valence-corrected chi connectivity index (χ4v) is 2.93. The molecule has 0 atom stereocenters. The van der Waals surface area contributed by atoms with Crippen LogP contribution < -0.4 is 0 Å². The Hall–Kier alpha value is -2.00. The molecule has 0 fully saturated rings. The molecule has 2 aromatic heterocycles. The Morgan fingerprint density at radius 2 is 1.94 bits per heavy atom. The highest BCUT2D eigenvalue weighted by molar-refractivity contribution is 7.17. The van der Waals surface area contributed by atoms with E-state index in [4.69, 9.17) is 0 Å². The molecule has 3 aromatic rings. The molecule has 3 rings (SSSR count). The molecule has 0 N–H and O–H groups in total. The van der Waals surface area contributed by atoms with E-state index < -0.39 is 0 Å². The third-order valence-corrected chi connectivity index (χ3v) is 3.86. The molecular formula is C15H11NOS. The quantitative estimate of drug-likeness (QED) is 0.666. The number of nitrogens with zero attached hydrogens (tertiary/aromatic N) is 1. The van der Waals surface area contributed by atoms with Gasteiger partial charge in [-0.1, -0.05) is 12.1 Å². The Balaban J connectivity index is 1.95. The van der Waals surface area contributed by atoms with Crippen molar-refractivity contribution in [1.82, 2.24) is 4.98 Å². The Kier molecular flexibility index (Phi) is 2.90. The summed E-state index contributed by atoms with van der Waals surface area (Å²) < 4.78 is 1.08. The van der Waals surface area contributed by atoms with Crippen LogP contribution in [-0.2, 0) is 6.42 Å². The van der Waals surface area contributed by atoms with E-state index >= 15 is 0 Å². The van der Waals surface area contributed by atoms with Crippen LogP contribution in [0.15, 0.2) is 54.2 Å². The monoisotopic (exact) mass is 253 g/mol. The van der Waals surface area contributed by atoms with Crippen molar-refractivity contribution >= 4 is 27.2 Å². The molecule has 1 aromatic carbocycles. The summed E-state index contributed by atoms with van der Waals surface area (Å²) in [6.45, 7) is 0. The molecule has 0 amide bonds. The van der Waals surface area contributed by atoms with Gasteiger partial charge in [0.1, 0.15) is 0 Å². The van der Waals surface area contributed by atoms with E-state index in [0.29, 0.717) is 6.42 Å². The first-order chi connectivity index (χ1) is 8.84. The summed E-state index contributed by atoms with van der Waals surface area (Å²) in [5.74, 6) is 0.161. The number of hydrogen-bond acceptors (Lipinski definition) is 3. The van der Waals surface area contributed by atoms with E-state index in [0.717, 1.165) is 21.2 Å². The zero-order valence-corrected chi connectivity index (χ0v) is 10.5. The second kappa shape index (κ2) is 4.70. The zero-order chi connectivity index (χ0) is 12.4. The molecule has 0 unspecified atom stereocenters. The molecule has 18 heavy (non-hydrogen) atoms. The first kappa shape index (κ1) is 11.1. The number of Topliss-reactive ketones (excluding diaryl/α,β-unsaturated/α-hetero) is 1. The average molecular weight is 253 g/mol. The second-order valence-corrected chi connectivity index (χ2v) is 5.02. The average Bonchev–Trinajstić information content (AvgIpc) is 2.87. The molecule has 0 aliphatic rings. The third kappa shape index (κ3) is 2.05. The van der Waals surface area contributed by atoms with E-state index in [-0.39, 0.29) is 5.78 Å². The number of hydrogen-bond donors (Lipinski definition) is 0. The lowest BCUT2D eigenvalue weighted by Crippen LogP contribution is -2.03. The smallest absolute Gasteiger partial charge is 0.168 e. The first-order valence-electron chi connectivity index (χ1n) is 5.73. The number of pyridine rings is 1. The molecule has 2 nitrogen and oxygen atoms in total. The van der Waals surface area contributed by atoms with Gasteiger partial charge in [0.25, 0.3) is 0 Å². The first-order valence-corrected chi connectivity index (χ1v) is 6.61. The zero-order valence-electron chi connectivity index (χ0n) is 9.67. The summed E-state index contributed by atoms with van der Waals surface area (Å²) in [4.78, 5) is 16.3. The normalized spacial score (nSPS) is 10.7. The number of ketones is 1. The molecule has 0 spiro atoms. The molecule has 0 saturated heterocycles. The standard InChI is InChI=1S/C15H11NOS/c17-14(10-11-4-7-16-8-5-11)13-3-1-2-12-6-9-18-15(12)13/h1-9H,10H2. The molecule has 0 aliphatic heterocycles. The molecule has 0 bridgehead atoms. The second-order valence-electron chi connectivity index (χ2n) is 4.10. The Labute approximate surface area is 109 Å². The van der Waals surface area contributed by atoms with E-state index in [9.17, 15) is 4.79 Å². The van der Waals surface area contributed by atoms with Crippen LogP contribution in [0.2, 0.25) is 0 Å². The molecule has 2 heterocycles. The maximum atomic E-state index is 12.3. The Morgan fingerprint density at radius 1 is 1.11 bits per heavy atom. The minimum absolute atomic E-state index is 0.161. The van der Waals surface area contributed by atoms with Crippen LogP contribution in [0.4, 0.5) is 0 Å². The van der Waals surface area contributed by atoms with E-state index in [1.54, 1.807) is 23.7 Å². The molecule has 0 aliphatic carbocycles. The number of thiophene rings is 1. The number of rotatable bonds is 3. The lowest BCUT2D eigenvalue weighted by atomic mass is 10.0. The van der Waals surface area contributed by atoms with Crippen LogP contribution in [0.5, 0.6) is 0 Å². The predicted molar refractivity (Wildman–Crippen MR) is 74.1 cm³/mol. The van der Waals surface area contributed by atoms with Gasteiger partial charge in [-0.2, -0.15) is 0 Å². The number of aromatic nitrogens is 1. The highest BCUT2D eigenvalue weighted by Gasteiger charge is 2.11. The number of carbonyl (C=O) groups is 1. The summed E-state index contributed by atoms with van der Waals surface area (Å²) in [6.07, 6.45) is 3.86. The number of carbonyl (C=O) groups excluding carboxylic acids is 1. The van der Waals surface area contributed by atoms with Gasteiger partial charge in [-0.05, 0) is 40.6 Å². The van der Waals surface area contributed by atoms with Crippen molar-refractivity contribution in [2.24, 2.45) is 0 Å². The SMILES string of the molecule is O=C(Cc1ccncc1)c1cccc2ccsc12. The molecule has 3 heteroatoms. The molecule has 0 saturated carbocycles. The van der Waals surface area contributed by atoms with Crippen LogP contribution in [0, 0.1) is 0 Å². The molecular weight excluding hydrogens is 242 g/mol. The highest BCUT2D eigenvalue weighted by Crippen LogP contribution is 2.25. The van der Waals surface area contributed by atoms with Crippen molar-refractivity contribution < 1.29 is 4.79 Å². The topological polar surface area (TPSA) is 30.0 Å². The minimum Gasteiger partial charge on any atom is -0.294 e. The van der Waals surface area contributed by atoms with Crippen molar-refractivity contribution in [1.29, 1.82) is 0 Å². The van der Waals surface area contributed by atoms with Crippen molar-refractivity contribution in [3.05, 3.63) is 65.3 Å². The molecule has 0 radical (unpaired) electrons. The van der Waals surface area contributed by atoms with Crippen molar-refractivity contribution in [3.63, 3.8) is 0 Å². The summed E-state index contributed by atoms with van der Waals surface area (Å²) >= 11 is 1.62. The Morgan fingerprint density at radius 3 is 2.78 bits per heavy atom. The largest absolute Gasteiger partial charge is 0.294 e. The van der Waals surface area contributed by atoms with Gasteiger partial charge in [-0.15, -0.1) is 11.3 Å². The van der Waals surface area contributed by atoms with E-state index in [1.165, 1.54) is 0 Å². The van der Waals surface area contributed by atoms with Crippen molar-refractivity contribution in [2.45, 2.75) is 6.42 Å². The van der Waals surface area contributed by atoms with Gasteiger partial charge in [0.2, 0.25) is 0 Å². The lowest BCUT2D eigenvalue weighted by Gasteiger charge is -2.02. The van der Waals surface area contributed by atoms with Gasteiger partial charge < -0.3 is 0 Å². The van der Waals surface area contributed by atoms with E-state index in [2.05, 4.69) is 4.98 Å². The van der Waals surface area contributed by atoms with Crippen molar-refractivity contribution in [3.8, 4) is 0 Å². The van der Waals surface area contributed by atoms with Crippen LogP contribution in [0.1, 0.15) is 15.9 Å². The summed E-state index contributed by atoms with van der Waals surface area (Å²) in [5.41, 5.74) is 1.82. The Bertz CT molecular complexity index is 688. The maximum absolute atomic E-state index is 12.3.